The lowest BCUT2D eigenvalue weighted by Crippen LogP contribution is -2.05. The van der Waals surface area contributed by atoms with Crippen LogP contribution >= 0.6 is 11.6 Å². The number of rotatable bonds is 4. The molecule has 0 radical (unpaired) electrons. The summed E-state index contributed by atoms with van der Waals surface area (Å²) in [5.41, 5.74) is 5.34. The van der Waals surface area contributed by atoms with Crippen LogP contribution in [0.4, 0.5) is 0 Å². The van der Waals surface area contributed by atoms with Gasteiger partial charge in [-0.2, -0.15) is 10.4 Å². The van der Waals surface area contributed by atoms with Crippen molar-refractivity contribution < 1.29 is 9.90 Å². The molecular formula is C20H16ClN3O2. The first-order chi connectivity index (χ1) is 12.4. The normalized spacial score (nSPS) is 10.5. The molecule has 0 atom stereocenters. The maximum Gasteiger partial charge on any atom is 0.335 e. The van der Waals surface area contributed by atoms with E-state index in [0.717, 1.165) is 28.1 Å². The molecule has 1 heterocycles. The average molecular weight is 366 g/mol. The van der Waals surface area contributed by atoms with Crippen molar-refractivity contribution in [1.29, 1.82) is 5.26 Å². The van der Waals surface area contributed by atoms with Gasteiger partial charge in [-0.1, -0.05) is 29.8 Å². The van der Waals surface area contributed by atoms with E-state index < -0.39 is 5.97 Å². The molecular weight excluding hydrogens is 350 g/mol. The van der Waals surface area contributed by atoms with Crippen molar-refractivity contribution in [1.82, 2.24) is 9.78 Å². The van der Waals surface area contributed by atoms with E-state index in [1.54, 1.807) is 36.4 Å². The number of hydrogen-bond donors (Lipinski definition) is 1. The third kappa shape index (κ3) is 3.32. The van der Waals surface area contributed by atoms with Gasteiger partial charge in [-0.3, -0.25) is 4.68 Å². The number of aromatic carboxylic acids is 1. The average Bonchev–Trinajstić information content (AvgIpc) is 2.89. The van der Waals surface area contributed by atoms with E-state index in [1.165, 1.54) is 0 Å². The summed E-state index contributed by atoms with van der Waals surface area (Å²) >= 11 is 6.03. The third-order valence-electron chi connectivity index (χ3n) is 4.29. The molecule has 0 fully saturated rings. The Morgan fingerprint density at radius 2 is 1.92 bits per heavy atom. The highest BCUT2D eigenvalue weighted by molar-refractivity contribution is 6.31. The van der Waals surface area contributed by atoms with E-state index in [-0.39, 0.29) is 5.56 Å². The van der Waals surface area contributed by atoms with Crippen LogP contribution in [0.25, 0.3) is 11.1 Å². The summed E-state index contributed by atoms with van der Waals surface area (Å²) < 4.78 is 1.88. The van der Waals surface area contributed by atoms with Crippen molar-refractivity contribution >= 4 is 17.6 Å². The Morgan fingerprint density at radius 1 is 1.23 bits per heavy atom. The minimum absolute atomic E-state index is 0.257. The standard InChI is InChI=1S/C20H16ClN3O2/c1-12-19(16-7-8-18(21)17(9-16)10-22)13(2)24(23-12)11-14-3-5-15(6-4-14)20(25)26/h3-9H,11H2,1-2H3,(H,25,26). The first-order valence-corrected chi connectivity index (χ1v) is 8.34. The van der Waals surface area contributed by atoms with Crippen LogP contribution < -0.4 is 0 Å². The smallest absolute Gasteiger partial charge is 0.335 e. The van der Waals surface area contributed by atoms with Crippen molar-refractivity contribution in [3.8, 4) is 17.2 Å². The number of nitrogens with zero attached hydrogens (tertiary/aromatic N) is 3. The van der Waals surface area contributed by atoms with Crippen molar-refractivity contribution in [3.05, 3.63) is 75.6 Å². The second kappa shape index (κ2) is 7.03. The van der Waals surface area contributed by atoms with Crippen LogP contribution in [0.2, 0.25) is 5.02 Å². The predicted octanol–water partition coefficient (Wildman–Crippen LogP) is 4.44. The van der Waals surface area contributed by atoms with E-state index in [2.05, 4.69) is 11.2 Å². The number of hydrogen-bond acceptors (Lipinski definition) is 3. The highest BCUT2D eigenvalue weighted by Crippen LogP contribution is 2.30. The third-order valence-corrected chi connectivity index (χ3v) is 4.62. The molecule has 3 rings (SSSR count). The van der Waals surface area contributed by atoms with Gasteiger partial charge < -0.3 is 5.11 Å². The number of benzene rings is 2. The SMILES string of the molecule is Cc1nn(Cc2ccc(C(=O)O)cc2)c(C)c1-c1ccc(Cl)c(C#N)c1. The summed E-state index contributed by atoms with van der Waals surface area (Å²) in [6.07, 6.45) is 0. The number of carbonyl (C=O) groups is 1. The summed E-state index contributed by atoms with van der Waals surface area (Å²) in [7, 11) is 0. The first kappa shape index (κ1) is 17.7. The molecule has 0 amide bonds. The van der Waals surface area contributed by atoms with E-state index >= 15 is 0 Å². The highest BCUT2D eigenvalue weighted by Gasteiger charge is 2.15. The van der Waals surface area contributed by atoms with Gasteiger partial charge in [0.05, 0.1) is 28.4 Å². The van der Waals surface area contributed by atoms with Crippen molar-refractivity contribution in [3.63, 3.8) is 0 Å². The Hall–Kier alpha value is -3.10. The summed E-state index contributed by atoms with van der Waals surface area (Å²) in [6, 6.07) is 14.2. The summed E-state index contributed by atoms with van der Waals surface area (Å²) in [6.45, 7) is 4.43. The fraction of sp³-hybridized carbons (Fsp3) is 0.150. The molecule has 2 aromatic carbocycles. The van der Waals surface area contributed by atoms with Crippen LogP contribution in [-0.4, -0.2) is 20.9 Å². The van der Waals surface area contributed by atoms with Crippen LogP contribution in [0, 0.1) is 25.2 Å². The van der Waals surface area contributed by atoms with E-state index in [4.69, 9.17) is 16.7 Å². The van der Waals surface area contributed by atoms with Crippen molar-refractivity contribution in [2.75, 3.05) is 0 Å². The van der Waals surface area contributed by atoms with Gasteiger partial charge in [-0.05, 0) is 49.2 Å². The highest BCUT2D eigenvalue weighted by atomic mass is 35.5. The Labute approximate surface area is 156 Å². The Bertz CT molecular complexity index is 1030. The van der Waals surface area contributed by atoms with Crippen LogP contribution in [-0.2, 0) is 6.54 Å². The zero-order valence-electron chi connectivity index (χ0n) is 14.3. The number of aromatic nitrogens is 2. The number of aryl methyl sites for hydroxylation is 1. The second-order valence-corrected chi connectivity index (χ2v) is 6.42. The summed E-state index contributed by atoms with van der Waals surface area (Å²) in [4.78, 5) is 11.0. The molecule has 0 saturated heterocycles. The Kier molecular flexibility index (Phi) is 4.79. The molecule has 3 aromatic rings. The van der Waals surface area contributed by atoms with Gasteiger partial charge in [0.2, 0.25) is 0 Å². The largest absolute Gasteiger partial charge is 0.478 e. The summed E-state index contributed by atoms with van der Waals surface area (Å²) in [5.74, 6) is -0.944. The topological polar surface area (TPSA) is 78.9 Å². The number of carboxylic acid groups (broad SMARTS) is 1. The molecule has 130 valence electrons. The lowest BCUT2D eigenvalue weighted by Gasteiger charge is -2.07. The minimum Gasteiger partial charge on any atom is -0.478 e. The van der Waals surface area contributed by atoms with Gasteiger partial charge in [-0.15, -0.1) is 0 Å². The Morgan fingerprint density at radius 3 is 2.54 bits per heavy atom. The molecule has 1 aromatic heterocycles. The van der Waals surface area contributed by atoms with E-state index in [9.17, 15) is 10.1 Å². The maximum atomic E-state index is 11.0. The molecule has 6 heteroatoms. The van der Waals surface area contributed by atoms with Crippen molar-refractivity contribution in [2.45, 2.75) is 20.4 Å². The second-order valence-electron chi connectivity index (χ2n) is 6.01. The fourth-order valence-corrected chi connectivity index (χ4v) is 3.12. The lowest BCUT2D eigenvalue weighted by molar-refractivity contribution is 0.0697. The molecule has 5 nitrogen and oxygen atoms in total. The maximum absolute atomic E-state index is 11.0. The number of carboxylic acids is 1. The van der Waals surface area contributed by atoms with E-state index in [1.807, 2.05) is 24.6 Å². The summed E-state index contributed by atoms with van der Waals surface area (Å²) in [5, 5.41) is 23.2. The van der Waals surface area contributed by atoms with Gasteiger partial charge in [0, 0.05) is 11.3 Å². The quantitative estimate of drug-likeness (QED) is 0.741. The van der Waals surface area contributed by atoms with Gasteiger partial charge in [0.1, 0.15) is 6.07 Å². The number of nitriles is 1. The van der Waals surface area contributed by atoms with E-state index in [0.29, 0.717) is 17.1 Å². The monoisotopic (exact) mass is 365 g/mol. The van der Waals surface area contributed by atoms with Crippen LogP contribution in [0.15, 0.2) is 42.5 Å². The molecule has 0 unspecified atom stereocenters. The van der Waals surface area contributed by atoms with Crippen molar-refractivity contribution in [2.24, 2.45) is 0 Å². The molecule has 0 aliphatic carbocycles. The molecule has 0 aliphatic rings. The van der Waals surface area contributed by atoms with Gasteiger partial charge in [0.25, 0.3) is 0 Å². The van der Waals surface area contributed by atoms with Gasteiger partial charge in [0.15, 0.2) is 0 Å². The van der Waals surface area contributed by atoms with Gasteiger partial charge >= 0.3 is 5.97 Å². The predicted molar refractivity (Wildman–Crippen MR) is 99.4 cm³/mol. The zero-order valence-corrected chi connectivity index (χ0v) is 15.1. The van der Waals surface area contributed by atoms with Crippen LogP contribution in [0.3, 0.4) is 0 Å². The number of halogens is 1. The molecule has 0 bridgehead atoms. The molecule has 0 spiro atoms. The van der Waals surface area contributed by atoms with Gasteiger partial charge in [-0.25, -0.2) is 4.79 Å². The van der Waals surface area contributed by atoms with Crippen LogP contribution in [0.5, 0.6) is 0 Å². The fourth-order valence-electron chi connectivity index (χ4n) is 2.96. The Balaban J connectivity index is 1.96. The zero-order chi connectivity index (χ0) is 18.8. The molecule has 1 N–H and O–H groups in total. The molecule has 26 heavy (non-hydrogen) atoms. The minimum atomic E-state index is -0.944. The first-order valence-electron chi connectivity index (χ1n) is 7.97. The molecule has 0 saturated carbocycles. The van der Waals surface area contributed by atoms with Crippen LogP contribution in [0.1, 0.15) is 32.9 Å². The lowest BCUT2D eigenvalue weighted by atomic mass is 10.0. The molecule has 0 aliphatic heterocycles.